The number of benzene rings is 1. The Morgan fingerprint density at radius 2 is 2.18 bits per heavy atom. The lowest BCUT2D eigenvalue weighted by atomic mass is 10.2. The lowest BCUT2D eigenvalue weighted by molar-refractivity contribution is -0.115. The van der Waals surface area contributed by atoms with Crippen LogP contribution in [0.15, 0.2) is 18.2 Å². The minimum atomic E-state index is -0.0716. The van der Waals surface area contributed by atoms with Crippen molar-refractivity contribution in [1.29, 1.82) is 0 Å². The van der Waals surface area contributed by atoms with E-state index in [4.69, 9.17) is 4.74 Å². The molecule has 1 amide bonds. The molecule has 1 aromatic rings. The summed E-state index contributed by atoms with van der Waals surface area (Å²) in [4.78, 5) is 11.5. The molecule has 0 fully saturated rings. The first kappa shape index (κ1) is 13.5. The molecule has 1 aromatic carbocycles. The van der Waals surface area contributed by atoms with Gasteiger partial charge in [-0.25, -0.2) is 0 Å². The van der Waals surface area contributed by atoms with Gasteiger partial charge >= 0.3 is 0 Å². The monoisotopic (exact) mass is 236 g/mol. The Morgan fingerprint density at radius 3 is 2.82 bits per heavy atom. The summed E-state index contributed by atoms with van der Waals surface area (Å²) in [7, 11) is 1.74. The van der Waals surface area contributed by atoms with Crippen LogP contribution >= 0.6 is 0 Å². The Hall–Kier alpha value is -1.55. The fraction of sp³-hybridized carbons (Fsp3) is 0.462. The maximum atomic E-state index is 11.5. The highest BCUT2D eigenvalue weighted by molar-refractivity contribution is 5.93. The lowest BCUT2D eigenvalue weighted by Crippen LogP contribution is -2.25. The Balaban J connectivity index is 2.78. The van der Waals surface area contributed by atoms with Gasteiger partial charge in [0.25, 0.3) is 0 Å². The first-order valence-electron chi connectivity index (χ1n) is 5.85. The molecule has 2 N–H and O–H groups in total. The van der Waals surface area contributed by atoms with E-state index in [-0.39, 0.29) is 5.91 Å². The molecule has 4 heteroatoms. The van der Waals surface area contributed by atoms with Crippen LogP contribution in [0.25, 0.3) is 0 Å². The van der Waals surface area contributed by atoms with Gasteiger partial charge in [0, 0.05) is 0 Å². The highest BCUT2D eigenvalue weighted by Crippen LogP contribution is 2.25. The summed E-state index contributed by atoms with van der Waals surface area (Å²) >= 11 is 0. The molecule has 0 aliphatic rings. The van der Waals surface area contributed by atoms with Crippen LogP contribution < -0.4 is 15.4 Å². The molecule has 94 valence electrons. The van der Waals surface area contributed by atoms with E-state index in [0.717, 1.165) is 23.4 Å². The minimum absolute atomic E-state index is 0.0716. The smallest absolute Gasteiger partial charge is 0.238 e. The molecule has 0 radical (unpaired) electrons. The highest BCUT2D eigenvalue weighted by atomic mass is 16.5. The maximum Gasteiger partial charge on any atom is 0.238 e. The van der Waals surface area contributed by atoms with E-state index in [1.54, 1.807) is 7.05 Å². The van der Waals surface area contributed by atoms with Crippen molar-refractivity contribution in [2.75, 3.05) is 25.5 Å². The van der Waals surface area contributed by atoms with Crippen LogP contribution in [0.5, 0.6) is 5.75 Å². The molecule has 0 atom stereocenters. The van der Waals surface area contributed by atoms with Crippen molar-refractivity contribution in [1.82, 2.24) is 5.32 Å². The second-order valence-corrected chi connectivity index (χ2v) is 3.93. The van der Waals surface area contributed by atoms with E-state index >= 15 is 0 Å². The molecule has 17 heavy (non-hydrogen) atoms. The number of rotatable bonds is 6. The zero-order chi connectivity index (χ0) is 12.7. The summed E-state index contributed by atoms with van der Waals surface area (Å²) in [6, 6.07) is 5.76. The number of nitrogens with one attached hydrogen (secondary N) is 2. The largest absolute Gasteiger partial charge is 0.491 e. The first-order chi connectivity index (χ1) is 8.17. The lowest BCUT2D eigenvalue weighted by Gasteiger charge is -2.12. The molecule has 0 saturated heterocycles. The summed E-state index contributed by atoms with van der Waals surface area (Å²) in [5, 5.41) is 5.63. The van der Waals surface area contributed by atoms with Crippen LogP contribution in [0.1, 0.15) is 18.9 Å². The molecule has 0 saturated carbocycles. The van der Waals surface area contributed by atoms with E-state index in [1.807, 2.05) is 25.1 Å². The number of amides is 1. The van der Waals surface area contributed by atoms with E-state index in [1.165, 1.54) is 0 Å². The van der Waals surface area contributed by atoms with E-state index < -0.39 is 0 Å². The van der Waals surface area contributed by atoms with Gasteiger partial charge in [0.1, 0.15) is 5.75 Å². The Labute approximate surface area is 102 Å². The molecule has 0 heterocycles. The van der Waals surface area contributed by atoms with Crippen LogP contribution in [-0.4, -0.2) is 26.1 Å². The predicted molar refractivity (Wildman–Crippen MR) is 69.5 cm³/mol. The molecule has 0 spiro atoms. The van der Waals surface area contributed by atoms with E-state index in [9.17, 15) is 4.79 Å². The number of carbonyl (C=O) groups excluding carboxylic acids is 1. The number of hydrogen-bond acceptors (Lipinski definition) is 3. The average Bonchev–Trinajstić information content (AvgIpc) is 2.30. The van der Waals surface area contributed by atoms with Crippen molar-refractivity contribution in [2.45, 2.75) is 20.3 Å². The molecule has 0 bridgehead atoms. The standard InChI is InChI=1S/C13H20N2O2/c1-4-7-17-12-8-10(2)5-6-11(12)15-13(16)9-14-3/h5-6,8,14H,4,7,9H2,1-3H3,(H,15,16). The first-order valence-corrected chi connectivity index (χ1v) is 5.85. The van der Waals surface area contributed by atoms with Crippen molar-refractivity contribution in [3.05, 3.63) is 23.8 Å². The summed E-state index contributed by atoms with van der Waals surface area (Å²) in [5.41, 5.74) is 1.84. The normalized spacial score (nSPS) is 10.1. The van der Waals surface area contributed by atoms with Crippen LogP contribution in [0, 0.1) is 6.92 Å². The van der Waals surface area contributed by atoms with Crippen molar-refractivity contribution in [2.24, 2.45) is 0 Å². The van der Waals surface area contributed by atoms with Gasteiger partial charge in [-0.2, -0.15) is 0 Å². The molecule has 1 rings (SSSR count). The Kier molecular flexibility index (Phi) is 5.49. The van der Waals surface area contributed by atoms with Crippen molar-refractivity contribution in [3.8, 4) is 5.75 Å². The van der Waals surface area contributed by atoms with Crippen molar-refractivity contribution in [3.63, 3.8) is 0 Å². The fourth-order valence-corrected chi connectivity index (χ4v) is 1.42. The number of likely N-dealkylation sites (N-methyl/N-ethyl adjacent to an activating group) is 1. The summed E-state index contributed by atoms with van der Waals surface area (Å²) in [6.45, 7) is 4.99. The highest BCUT2D eigenvalue weighted by Gasteiger charge is 2.07. The van der Waals surface area contributed by atoms with E-state index in [0.29, 0.717) is 13.2 Å². The number of carbonyl (C=O) groups is 1. The molecular formula is C13H20N2O2. The molecule has 0 aromatic heterocycles. The molecule has 0 unspecified atom stereocenters. The molecule has 0 aliphatic carbocycles. The topological polar surface area (TPSA) is 50.4 Å². The van der Waals surface area contributed by atoms with Gasteiger partial charge in [-0.05, 0) is 38.1 Å². The number of hydrogen-bond donors (Lipinski definition) is 2. The minimum Gasteiger partial charge on any atom is -0.491 e. The third-order valence-corrected chi connectivity index (χ3v) is 2.21. The zero-order valence-corrected chi connectivity index (χ0v) is 10.7. The number of aryl methyl sites for hydroxylation is 1. The second-order valence-electron chi connectivity index (χ2n) is 3.93. The van der Waals surface area contributed by atoms with Gasteiger partial charge in [0.2, 0.25) is 5.91 Å². The second kappa shape index (κ2) is 6.91. The van der Waals surface area contributed by atoms with Gasteiger partial charge < -0.3 is 15.4 Å². The molecular weight excluding hydrogens is 216 g/mol. The Bertz CT molecular complexity index is 378. The SMILES string of the molecule is CCCOc1cc(C)ccc1NC(=O)CNC. The van der Waals surface area contributed by atoms with Crippen LogP contribution in [0.4, 0.5) is 5.69 Å². The van der Waals surface area contributed by atoms with Gasteiger partial charge in [-0.3, -0.25) is 4.79 Å². The third-order valence-electron chi connectivity index (χ3n) is 2.21. The number of anilines is 1. The molecule has 0 aliphatic heterocycles. The maximum absolute atomic E-state index is 11.5. The van der Waals surface area contributed by atoms with Gasteiger partial charge in [-0.1, -0.05) is 13.0 Å². The van der Waals surface area contributed by atoms with Gasteiger partial charge in [0.05, 0.1) is 18.8 Å². The number of ether oxygens (including phenoxy) is 1. The van der Waals surface area contributed by atoms with Crippen molar-refractivity contribution < 1.29 is 9.53 Å². The summed E-state index contributed by atoms with van der Waals surface area (Å²) < 4.78 is 5.61. The predicted octanol–water partition coefficient (Wildman–Crippen LogP) is 1.94. The quantitative estimate of drug-likeness (QED) is 0.793. The third kappa shape index (κ3) is 4.44. The zero-order valence-electron chi connectivity index (χ0n) is 10.7. The van der Waals surface area contributed by atoms with Crippen LogP contribution in [0.2, 0.25) is 0 Å². The van der Waals surface area contributed by atoms with Gasteiger partial charge in [-0.15, -0.1) is 0 Å². The van der Waals surface area contributed by atoms with E-state index in [2.05, 4.69) is 17.6 Å². The van der Waals surface area contributed by atoms with Crippen LogP contribution in [0.3, 0.4) is 0 Å². The van der Waals surface area contributed by atoms with Crippen molar-refractivity contribution >= 4 is 11.6 Å². The fourth-order valence-electron chi connectivity index (χ4n) is 1.42. The average molecular weight is 236 g/mol. The summed E-state index contributed by atoms with van der Waals surface area (Å²) in [5.74, 6) is 0.661. The summed E-state index contributed by atoms with van der Waals surface area (Å²) in [6.07, 6.45) is 0.942. The Morgan fingerprint density at radius 1 is 1.41 bits per heavy atom. The van der Waals surface area contributed by atoms with Gasteiger partial charge in [0.15, 0.2) is 0 Å². The van der Waals surface area contributed by atoms with Crippen LogP contribution in [-0.2, 0) is 4.79 Å². The molecule has 4 nitrogen and oxygen atoms in total.